The van der Waals surface area contributed by atoms with Crippen molar-refractivity contribution in [2.45, 2.75) is 13.8 Å². The van der Waals surface area contributed by atoms with Crippen LogP contribution in [0.1, 0.15) is 11.3 Å². The highest BCUT2D eigenvalue weighted by atomic mass is 19.1. The Morgan fingerprint density at radius 2 is 2.06 bits per heavy atom. The van der Waals surface area contributed by atoms with Gasteiger partial charge in [-0.1, -0.05) is 11.6 Å². The maximum absolute atomic E-state index is 13.6. The van der Waals surface area contributed by atoms with E-state index in [2.05, 4.69) is 9.97 Å². The normalized spacial score (nSPS) is 10.5. The van der Waals surface area contributed by atoms with Crippen LogP contribution in [0.3, 0.4) is 0 Å². The number of benzene rings is 1. The number of aromatic nitrogens is 2. The monoisotopic (exact) mass is 233 g/mol. The largest absolute Gasteiger partial charge is 0.393 e. The highest BCUT2D eigenvalue weighted by molar-refractivity contribution is 5.58. The molecule has 0 bridgehead atoms. The van der Waals surface area contributed by atoms with Crippen molar-refractivity contribution in [3.05, 3.63) is 45.6 Å². The lowest BCUT2D eigenvalue weighted by molar-refractivity contribution is 0.629. The number of hydrogen-bond donors (Lipinski definition) is 2. The van der Waals surface area contributed by atoms with Crippen LogP contribution in [0.25, 0.3) is 11.4 Å². The van der Waals surface area contributed by atoms with Gasteiger partial charge in [0.2, 0.25) is 0 Å². The Morgan fingerprint density at radius 1 is 1.35 bits per heavy atom. The quantitative estimate of drug-likeness (QED) is 0.788. The van der Waals surface area contributed by atoms with E-state index in [1.54, 1.807) is 19.1 Å². The third kappa shape index (κ3) is 2.04. The summed E-state index contributed by atoms with van der Waals surface area (Å²) in [6, 6.07) is 4.63. The second kappa shape index (κ2) is 4.01. The molecular weight excluding hydrogens is 221 g/mol. The number of H-pyrrole nitrogens is 1. The summed E-state index contributed by atoms with van der Waals surface area (Å²) in [6.45, 7) is 3.45. The fourth-order valence-electron chi connectivity index (χ4n) is 1.54. The summed E-state index contributed by atoms with van der Waals surface area (Å²) in [5, 5.41) is 0. The number of anilines is 1. The molecule has 2 rings (SSSR count). The second-order valence-corrected chi connectivity index (χ2v) is 3.90. The lowest BCUT2D eigenvalue weighted by Gasteiger charge is -2.06. The minimum absolute atomic E-state index is 0.0572. The third-order valence-corrected chi connectivity index (χ3v) is 2.52. The van der Waals surface area contributed by atoms with Crippen LogP contribution < -0.4 is 11.3 Å². The standard InChI is InChI=1S/C12H12FN3O/c1-6-3-4-9(13)8(5-6)11-15-7(2)10(14)12(17)16-11/h3-5H,14H2,1-2H3,(H,15,16,17). The first kappa shape index (κ1) is 11.3. The molecule has 3 N–H and O–H groups in total. The van der Waals surface area contributed by atoms with E-state index >= 15 is 0 Å². The van der Waals surface area contributed by atoms with Crippen molar-refractivity contribution in [1.29, 1.82) is 0 Å². The molecule has 5 heteroatoms. The Kier molecular flexibility index (Phi) is 2.67. The molecule has 2 aromatic rings. The van der Waals surface area contributed by atoms with Crippen LogP contribution in [0.4, 0.5) is 10.1 Å². The molecule has 0 radical (unpaired) electrons. The number of hydrogen-bond acceptors (Lipinski definition) is 3. The van der Waals surface area contributed by atoms with E-state index in [9.17, 15) is 9.18 Å². The molecule has 17 heavy (non-hydrogen) atoms. The number of halogens is 1. The Bertz CT molecular complexity index is 634. The summed E-state index contributed by atoms with van der Waals surface area (Å²) >= 11 is 0. The summed E-state index contributed by atoms with van der Waals surface area (Å²) < 4.78 is 13.6. The van der Waals surface area contributed by atoms with E-state index in [0.717, 1.165) is 5.56 Å². The first-order chi connectivity index (χ1) is 7.99. The molecule has 0 aliphatic heterocycles. The molecule has 0 saturated heterocycles. The van der Waals surface area contributed by atoms with Crippen LogP contribution in [-0.2, 0) is 0 Å². The SMILES string of the molecule is Cc1ccc(F)c(-c2nc(C)c(N)c(=O)[nH]2)c1. The minimum atomic E-state index is -0.451. The maximum Gasteiger partial charge on any atom is 0.274 e. The van der Waals surface area contributed by atoms with E-state index in [-0.39, 0.29) is 17.1 Å². The zero-order valence-corrected chi connectivity index (χ0v) is 9.54. The minimum Gasteiger partial charge on any atom is -0.393 e. The molecule has 0 unspecified atom stereocenters. The van der Waals surface area contributed by atoms with Gasteiger partial charge in [0.05, 0.1) is 11.3 Å². The second-order valence-electron chi connectivity index (χ2n) is 3.90. The molecule has 0 aliphatic rings. The number of aromatic amines is 1. The fourth-order valence-corrected chi connectivity index (χ4v) is 1.54. The molecule has 0 saturated carbocycles. The number of rotatable bonds is 1. The van der Waals surface area contributed by atoms with Crippen LogP contribution >= 0.6 is 0 Å². The molecule has 4 nitrogen and oxygen atoms in total. The smallest absolute Gasteiger partial charge is 0.274 e. The number of aryl methyl sites for hydroxylation is 2. The molecule has 0 fully saturated rings. The average molecular weight is 233 g/mol. The van der Waals surface area contributed by atoms with E-state index in [1.165, 1.54) is 6.07 Å². The van der Waals surface area contributed by atoms with Gasteiger partial charge in [0.25, 0.3) is 5.56 Å². The van der Waals surface area contributed by atoms with Gasteiger partial charge in [0, 0.05) is 0 Å². The highest BCUT2D eigenvalue weighted by Gasteiger charge is 2.10. The van der Waals surface area contributed by atoms with E-state index < -0.39 is 11.4 Å². The average Bonchev–Trinajstić information content (AvgIpc) is 2.28. The lowest BCUT2D eigenvalue weighted by Crippen LogP contribution is -2.16. The Morgan fingerprint density at radius 3 is 2.71 bits per heavy atom. The van der Waals surface area contributed by atoms with Crippen molar-refractivity contribution in [3.63, 3.8) is 0 Å². The number of nitrogens with zero attached hydrogens (tertiary/aromatic N) is 1. The van der Waals surface area contributed by atoms with Crippen LogP contribution in [-0.4, -0.2) is 9.97 Å². The van der Waals surface area contributed by atoms with Crippen LogP contribution in [0.2, 0.25) is 0 Å². The first-order valence-corrected chi connectivity index (χ1v) is 5.12. The van der Waals surface area contributed by atoms with Gasteiger partial charge in [-0.05, 0) is 26.0 Å². The fraction of sp³-hybridized carbons (Fsp3) is 0.167. The Hall–Kier alpha value is -2.17. The van der Waals surface area contributed by atoms with Crippen molar-refractivity contribution in [3.8, 4) is 11.4 Å². The van der Waals surface area contributed by atoms with Gasteiger partial charge in [-0.15, -0.1) is 0 Å². The predicted molar refractivity (Wildman–Crippen MR) is 64.1 cm³/mol. The van der Waals surface area contributed by atoms with Crippen LogP contribution in [0.5, 0.6) is 0 Å². The zero-order valence-electron chi connectivity index (χ0n) is 9.54. The van der Waals surface area contributed by atoms with Gasteiger partial charge in [-0.25, -0.2) is 9.37 Å². The van der Waals surface area contributed by atoms with Crippen molar-refractivity contribution in [2.75, 3.05) is 5.73 Å². The summed E-state index contributed by atoms with van der Waals surface area (Å²) in [5.74, 6) is -0.231. The molecule has 88 valence electrons. The molecule has 0 spiro atoms. The third-order valence-electron chi connectivity index (χ3n) is 2.52. The molecular formula is C12H12FN3O. The maximum atomic E-state index is 13.6. The van der Waals surface area contributed by atoms with Crippen molar-refractivity contribution in [2.24, 2.45) is 0 Å². The summed E-state index contributed by atoms with van der Waals surface area (Å²) in [4.78, 5) is 18.0. The van der Waals surface area contributed by atoms with Gasteiger partial charge >= 0.3 is 0 Å². The van der Waals surface area contributed by atoms with Gasteiger partial charge in [-0.2, -0.15) is 0 Å². The van der Waals surface area contributed by atoms with E-state index in [1.807, 2.05) is 6.92 Å². The van der Waals surface area contributed by atoms with E-state index in [0.29, 0.717) is 5.69 Å². The van der Waals surface area contributed by atoms with Gasteiger partial charge in [0.15, 0.2) is 0 Å². The van der Waals surface area contributed by atoms with Gasteiger partial charge in [0.1, 0.15) is 17.3 Å². The van der Waals surface area contributed by atoms with Crippen molar-refractivity contribution < 1.29 is 4.39 Å². The van der Waals surface area contributed by atoms with Crippen LogP contribution in [0.15, 0.2) is 23.0 Å². The molecule has 0 atom stereocenters. The Balaban J connectivity index is 2.69. The van der Waals surface area contributed by atoms with Gasteiger partial charge < -0.3 is 10.7 Å². The topological polar surface area (TPSA) is 71.8 Å². The summed E-state index contributed by atoms with van der Waals surface area (Å²) in [5.41, 5.74) is 6.65. The lowest BCUT2D eigenvalue weighted by atomic mass is 10.1. The number of nitrogen functional groups attached to an aromatic ring is 1. The molecule has 1 aromatic carbocycles. The predicted octanol–water partition coefficient (Wildman–Crippen LogP) is 1.78. The number of nitrogens with one attached hydrogen (secondary N) is 1. The summed E-state index contributed by atoms with van der Waals surface area (Å²) in [6.07, 6.45) is 0. The zero-order chi connectivity index (χ0) is 12.6. The van der Waals surface area contributed by atoms with Crippen LogP contribution in [0, 0.1) is 19.7 Å². The van der Waals surface area contributed by atoms with Crippen molar-refractivity contribution in [1.82, 2.24) is 9.97 Å². The Labute approximate surface area is 97.3 Å². The molecule has 0 aliphatic carbocycles. The molecule has 0 amide bonds. The van der Waals surface area contributed by atoms with Crippen molar-refractivity contribution >= 4 is 5.69 Å². The highest BCUT2D eigenvalue weighted by Crippen LogP contribution is 2.20. The van der Waals surface area contributed by atoms with Gasteiger partial charge in [-0.3, -0.25) is 4.79 Å². The molecule has 1 aromatic heterocycles. The first-order valence-electron chi connectivity index (χ1n) is 5.12. The van der Waals surface area contributed by atoms with E-state index in [4.69, 9.17) is 5.73 Å². The summed E-state index contributed by atoms with van der Waals surface area (Å²) in [7, 11) is 0. The molecule has 1 heterocycles. The number of nitrogens with two attached hydrogens (primary N) is 1.